The molecule has 150 valence electrons. The van der Waals surface area contributed by atoms with E-state index in [4.69, 9.17) is 0 Å². The summed E-state index contributed by atoms with van der Waals surface area (Å²) in [6.45, 7) is 0.0711. The molecule has 2 aromatic heterocycles. The Morgan fingerprint density at radius 1 is 1.14 bits per heavy atom. The fourth-order valence-corrected chi connectivity index (χ4v) is 4.52. The van der Waals surface area contributed by atoms with E-state index < -0.39 is 18.5 Å². The molecule has 6 nitrogen and oxygen atoms in total. The normalized spacial score (nSPS) is 18.7. The summed E-state index contributed by atoms with van der Waals surface area (Å²) < 4.78 is 27.8. The number of aryl methyl sites for hydroxylation is 2. The van der Waals surface area contributed by atoms with Crippen molar-refractivity contribution in [3.8, 4) is 0 Å². The Kier molecular flexibility index (Phi) is 4.49. The molecule has 0 spiro atoms. The molecule has 0 bridgehead atoms. The van der Waals surface area contributed by atoms with E-state index in [0.717, 1.165) is 54.7 Å². The first-order chi connectivity index (χ1) is 14.1. The predicted octanol–water partition coefficient (Wildman–Crippen LogP) is 3.28. The molecule has 0 amide bonds. The van der Waals surface area contributed by atoms with Crippen molar-refractivity contribution in [3.05, 3.63) is 57.8 Å². The Morgan fingerprint density at radius 3 is 2.86 bits per heavy atom. The van der Waals surface area contributed by atoms with Crippen LogP contribution < -0.4 is 10.5 Å². The summed E-state index contributed by atoms with van der Waals surface area (Å²) in [4.78, 5) is 19.7. The van der Waals surface area contributed by atoms with Crippen molar-refractivity contribution >= 4 is 16.7 Å². The summed E-state index contributed by atoms with van der Waals surface area (Å²) in [5, 5.41) is 9.13. The number of aromatic nitrogens is 4. The van der Waals surface area contributed by atoms with E-state index in [2.05, 4.69) is 26.1 Å². The summed E-state index contributed by atoms with van der Waals surface area (Å²) >= 11 is 0. The highest BCUT2D eigenvalue weighted by Crippen LogP contribution is 2.35. The largest absolute Gasteiger partial charge is 0.345 e. The molecule has 1 unspecified atom stereocenters. The zero-order chi connectivity index (χ0) is 20.0. The quantitative estimate of drug-likeness (QED) is 0.676. The SMILES string of the molecule is O=c1c2ccccc2nc(C2CCCN2c2cc3c(nn2)CCC3)n1CC(F)F. The number of nitrogens with zero attached hydrogens (tertiary/aromatic N) is 5. The van der Waals surface area contributed by atoms with Crippen LogP contribution in [0.3, 0.4) is 0 Å². The number of hydrogen-bond acceptors (Lipinski definition) is 5. The molecule has 3 heterocycles. The van der Waals surface area contributed by atoms with Gasteiger partial charge in [-0.3, -0.25) is 9.36 Å². The van der Waals surface area contributed by atoms with Crippen LogP contribution in [0.15, 0.2) is 35.1 Å². The third kappa shape index (κ3) is 3.16. The molecule has 1 aliphatic heterocycles. The molecule has 1 aromatic carbocycles. The van der Waals surface area contributed by atoms with Crippen molar-refractivity contribution < 1.29 is 8.78 Å². The van der Waals surface area contributed by atoms with Crippen molar-refractivity contribution in [2.24, 2.45) is 0 Å². The number of halogens is 2. The standard InChI is InChI=1S/C21H21F2N5O/c22-18(23)12-28-20(24-16-7-2-1-6-14(16)21(28)29)17-9-4-10-27(17)19-11-13-5-3-8-15(13)25-26-19/h1-2,6-7,11,17-18H,3-5,8-10,12H2. The smallest absolute Gasteiger partial charge is 0.261 e. The summed E-state index contributed by atoms with van der Waals surface area (Å²) in [5.41, 5.74) is 2.36. The minimum Gasteiger partial charge on any atom is -0.345 e. The van der Waals surface area contributed by atoms with Gasteiger partial charge >= 0.3 is 0 Å². The van der Waals surface area contributed by atoms with Gasteiger partial charge in [0.05, 0.1) is 29.2 Å². The fourth-order valence-electron chi connectivity index (χ4n) is 4.52. The van der Waals surface area contributed by atoms with Gasteiger partial charge in [-0.25, -0.2) is 13.8 Å². The van der Waals surface area contributed by atoms with Crippen molar-refractivity contribution in [3.63, 3.8) is 0 Å². The van der Waals surface area contributed by atoms with Crippen LogP contribution in [0.1, 0.15) is 42.4 Å². The first-order valence-electron chi connectivity index (χ1n) is 10.0. The Morgan fingerprint density at radius 2 is 2.00 bits per heavy atom. The van der Waals surface area contributed by atoms with Crippen LogP contribution >= 0.6 is 0 Å². The molecule has 2 aliphatic rings. The number of rotatable bonds is 4. The minimum atomic E-state index is -2.64. The Balaban J connectivity index is 1.62. The van der Waals surface area contributed by atoms with Gasteiger partial charge in [0, 0.05) is 6.54 Å². The van der Waals surface area contributed by atoms with Crippen LogP contribution in [0.4, 0.5) is 14.6 Å². The molecule has 29 heavy (non-hydrogen) atoms. The van der Waals surface area contributed by atoms with E-state index in [-0.39, 0.29) is 6.04 Å². The Labute approximate surface area is 166 Å². The van der Waals surface area contributed by atoms with Crippen LogP contribution in [0, 0.1) is 0 Å². The summed E-state index contributed by atoms with van der Waals surface area (Å²) in [5.74, 6) is 1.12. The fraction of sp³-hybridized carbons (Fsp3) is 0.429. The number of para-hydroxylation sites is 1. The van der Waals surface area contributed by atoms with Crippen molar-refractivity contribution in [2.45, 2.75) is 51.1 Å². The third-order valence-electron chi connectivity index (χ3n) is 5.86. The average Bonchev–Trinajstić information content (AvgIpc) is 3.38. The van der Waals surface area contributed by atoms with E-state index in [1.807, 2.05) is 0 Å². The van der Waals surface area contributed by atoms with Gasteiger partial charge in [-0.15, -0.1) is 5.10 Å². The van der Waals surface area contributed by atoms with Crippen molar-refractivity contribution in [2.75, 3.05) is 11.4 Å². The molecule has 0 N–H and O–H groups in total. The average molecular weight is 397 g/mol. The maximum Gasteiger partial charge on any atom is 0.261 e. The lowest BCUT2D eigenvalue weighted by atomic mass is 10.1. The molecule has 5 rings (SSSR count). The summed E-state index contributed by atoms with van der Waals surface area (Å²) in [6, 6.07) is 8.69. The van der Waals surface area contributed by atoms with Crippen molar-refractivity contribution in [1.82, 2.24) is 19.7 Å². The van der Waals surface area contributed by atoms with Gasteiger partial charge < -0.3 is 4.90 Å². The Hall–Kier alpha value is -2.90. The van der Waals surface area contributed by atoms with Gasteiger partial charge in [0.1, 0.15) is 5.82 Å². The van der Waals surface area contributed by atoms with E-state index in [1.165, 1.54) is 5.56 Å². The molecule has 1 atom stereocenters. The highest BCUT2D eigenvalue weighted by Gasteiger charge is 2.32. The lowest BCUT2D eigenvalue weighted by molar-refractivity contribution is 0.123. The van der Waals surface area contributed by atoms with Crippen LogP contribution in [-0.4, -0.2) is 32.7 Å². The first-order valence-corrected chi connectivity index (χ1v) is 10.0. The van der Waals surface area contributed by atoms with Crippen LogP contribution in [0.2, 0.25) is 0 Å². The number of alkyl halides is 2. The van der Waals surface area contributed by atoms with Crippen molar-refractivity contribution in [1.29, 1.82) is 0 Å². The first kappa shape index (κ1) is 18.1. The molecular formula is C21H21F2N5O. The lowest BCUT2D eigenvalue weighted by Gasteiger charge is -2.27. The van der Waals surface area contributed by atoms with Gasteiger partial charge in [0.25, 0.3) is 12.0 Å². The highest BCUT2D eigenvalue weighted by atomic mass is 19.3. The van der Waals surface area contributed by atoms with Crippen LogP contribution in [0.5, 0.6) is 0 Å². The number of anilines is 1. The van der Waals surface area contributed by atoms with Gasteiger partial charge in [0.2, 0.25) is 0 Å². The number of hydrogen-bond donors (Lipinski definition) is 0. The lowest BCUT2D eigenvalue weighted by Crippen LogP contribution is -2.34. The number of fused-ring (bicyclic) bond motifs is 2. The molecule has 0 saturated carbocycles. The van der Waals surface area contributed by atoms with Crippen LogP contribution in [-0.2, 0) is 19.4 Å². The maximum absolute atomic E-state index is 13.3. The number of benzene rings is 1. The minimum absolute atomic E-state index is 0.278. The van der Waals surface area contributed by atoms with E-state index in [0.29, 0.717) is 16.7 Å². The molecule has 1 fully saturated rings. The Bertz CT molecular complexity index is 1130. The molecule has 1 saturated heterocycles. The monoisotopic (exact) mass is 397 g/mol. The summed E-state index contributed by atoms with van der Waals surface area (Å²) in [7, 11) is 0. The summed E-state index contributed by atoms with van der Waals surface area (Å²) in [6.07, 6.45) is 1.99. The zero-order valence-corrected chi connectivity index (χ0v) is 15.9. The van der Waals surface area contributed by atoms with E-state index in [9.17, 15) is 13.6 Å². The molecule has 8 heteroatoms. The zero-order valence-electron chi connectivity index (χ0n) is 15.9. The topological polar surface area (TPSA) is 63.9 Å². The van der Waals surface area contributed by atoms with E-state index >= 15 is 0 Å². The molecule has 0 radical (unpaired) electrons. The molecule has 1 aliphatic carbocycles. The second-order valence-electron chi connectivity index (χ2n) is 7.67. The molecular weight excluding hydrogens is 376 g/mol. The molecule has 3 aromatic rings. The second-order valence-corrected chi connectivity index (χ2v) is 7.67. The highest BCUT2D eigenvalue weighted by molar-refractivity contribution is 5.77. The van der Waals surface area contributed by atoms with Gasteiger partial charge in [-0.05, 0) is 55.9 Å². The van der Waals surface area contributed by atoms with Crippen LogP contribution in [0.25, 0.3) is 10.9 Å². The maximum atomic E-state index is 13.3. The predicted molar refractivity (Wildman–Crippen MR) is 105 cm³/mol. The van der Waals surface area contributed by atoms with Gasteiger partial charge in [0.15, 0.2) is 5.82 Å². The second kappa shape index (κ2) is 7.17. The third-order valence-corrected chi connectivity index (χ3v) is 5.86. The van der Waals surface area contributed by atoms with E-state index in [1.54, 1.807) is 24.3 Å². The van der Waals surface area contributed by atoms with Gasteiger partial charge in [-0.2, -0.15) is 5.10 Å². The van der Waals surface area contributed by atoms with Gasteiger partial charge in [-0.1, -0.05) is 12.1 Å².